The van der Waals surface area contributed by atoms with E-state index in [9.17, 15) is 4.79 Å². The van der Waals surface area contributed by atoms with Crippen molar-refractivity contribution in [1.82, 2.24) is 9.36 Å². The molecule has 0 spiro atoms. The van der Waals surface area contributed by atoms with Crippen LogP contribution in [0.15, 0.2) is 6.33 Å². The SMILES string of the molecule is COC(=O)CC1CCCCN1c1ncns1. The Morgan fingerprint density at radius 3 is 3.25 bits per heavy atom. The third-order valence-corrected chi connectivity index (χ3v) is 3.56. The van der Waals surface area contributed by atoms with Gasteiger partial charge in [0.25, 0.3) is 0 Å². The van der Waals surface area contributed by atoms with Crippen LogP contribution in [0.2, 0.25) is 0 Å². The maximum Gasteiger partial charge on any atom is 0.307 e. The van der Waals surface area contributed by atoms with Crippen molar-refractivity contribution in [3.8, 4) is 0 Å². The number of ether oxygens (including phenoxy) is 1. The van der Waals surface area contributed by atoms with E-state index < -0.39 is 0 Å². The monoisotopic (exact) mass is 241 g/mol. The minimum Gasteiger partial charge on any atom is -0.469 e. The van der Waals surface area contributed by atoms with E-state index >= 15 is 0 Å². The molecule has 5 nitrogen and oxygen atoms in total. The van der Waals surface area contributed by atoms with Crippen LogP contribution >= 0.6 is 11.5 Å². The minimum atomic E-state index is -0.151. The summed E-state index contributed by atoms with van der Waals surface area (Å²) in [6.45, 7) is 0.955. The van der Waals surface area contributed by atoms with Crippen molar-refractivity contribution >= 4 is 22.6 Å². The van der Waals surface area contributed by atoms with E-state index in [0.717, 1.165) is 30.9 Å². The molecule has 0 radical (unpaired) electrons. The Balaban J connectivity index is 2.05. The van der Waals surface area contributed by atoms with E-state index in [-0.39, 0.29) is 12.0 Å². The molecule has 0 bridgehead atoms. The molecule has 0 saturated carbocycles. The summed E-state index contributed by atoms with van der Waals surface area (Å²) in [6.07, 6.45) is 5.34. The molecule has 0 aliphatic carbocycles. The van der Waals surface area contributed by atoms with Crippen LogP contribution in [0.3, 0.4) is 0 Å². The average Bonchev–Trinajstić information content (AvgIpc) is 2.83. The number of hydrogen-bond acceptors (Lipinski definition) is 6. The van der Waals surface area contributed by atoms with Crippen molar-refractivity contribution < 1.29 is 9.53 Å². The van der Waals surface area contributed by atoms with E-state index in [4.69, 9.17) is 4.74 Å². The first kappa shape index (κ1) is 11.3. The number of carbonyl (C=O) groups is 1. The second-order valence-electron chi connectivity index (χ2n) is 3.85. The second kappa shape index (κ2) is 5.25. The molecule has 1 aromatic heterocycles. The fourth-order valence-corrected chi connectivity index (χ4v) is 2.66. The van der Waals surface area contributed by atoms with Gasteiger partial charge in [0.15, 0.2) is 0 Å². The molecule has 6 heteroatoms. The van der Waals surface area contributed by atoms with Crippen LogP contribution in [0.1, 0.15) is 25.7 Å². The molecule has 1 aliphatic rings. The number of rotatable bonds is 3. The highest BCUT2D eigenvalue weighted by Crippen LogP contribution is 2.27. The van der Waals surface area contributed by atoms with Gasteiger partial charge in [-0.25, -0.2) is 4.98 Å². The van der Waals surface area contributed by atoms with Crippen molar-refractivity contribution in [3.05, 3.63) is 6.33 Å². The van der Waals surface area contributed by atoms with Crippen LogP contribution in [-0.4, -0.2) is 35.0 Å². The van der Waals surface area contributed by atoms with E-state index in [1.54, 1.807) is 6.33 Å². The Morgan fingerprint density at radius 2 is 2.56 bits per heavy atom. The molecule has 16 heavy (non-hydrogen) atoms. The number of piperidine rings is 1. The maximum atomic E-state index is 11.3. The molecule has 2 rings (SSSR count). The first-order valence-electron chi connectivity index (χ1n) is 5.41. The Morgan fingerprint density at radius 1 is 1.69 bits per heavy atom. The summed E-state index contributed by atoms with van der Waals surface area (Å²) in [7, 11) is 1.43. The Hall–Kier alpha value is -1.17. The summed E-state index contributed by atoms with van der Waals surface area (Å²) in [4.78, 5) is 17.7. The van der Waals surface area contributed by atoms with Gasteiger partial charge in [-0.2, -0.15) is 4.37 Å². The molecule has 1 atom stereocenters. The summed E-state index contributed by atoms with van der Waals surface area (Å²) in [5.74, 6) is -0.151. The topological polar surface area (TPSA) is 55.3 Å². The van der Waals surface area contributed by atoms with Gasteiger partial charge in [-0.3, -0.25) is 4.79 Å². The number of aromatic nitrogens is 2. The normalized spacial score (nSPS) is 20.8. The zero-order valence-corrected chi connectivity index (χ0v) is 10.1. The summed E-state index contributed by atoms with van der Waals surface area (Å²) >= 11 is 1.38. The van der Waals surface area contributed by atoms with Crippen molar-refractivity contribution in [2.24, 2.45) is 0 Å². The van der Waals surface area contributed by atoms with Crippen molar-refractivity contribution in [2.75, 3.05) is 18.6 Å². The van der Waals surface area contributed by atoms with E-state index in [1.165, 1.54) is 18.6 Å². The van der Waals surface area contributed by atoms with E-state index in [2.05, 4.69) is 14.3 Å². The minimum absolute atomic E-state index is 0.151. The molecular weight excluding hydrogens is 226 g/mol. The van der Waals surface area contributed by atoms with Crippen LogP contribution < -0.4 is 4.90 Å². The quantitative estimate of drug-likeness (QED) is 0.750. The van der Waals surface area contributed by atoms with Gasteiger partial charge in [-0.05, 0) is 19.3 Å². The first-order chi connectivity index (χ1) is 7.81. The molecule has 0 aromatic carbocycles. The van der Waals surface area contributed by atoms with Gasteiger partial charge in [0.2, 0.25) is 5.13 Å². The molecule has 1 fully saturated rings. The summed E-state index contributed by atoms with van der Waals surface area (Å²) in [5.41, 5.74) is 0. The van der Waals surface area contributed by atoms with Crippen molar-refractivity contribution in [3.63, 3.8) is 0 Å². The number of methoxy groups -OCH3 is 1. The Kier molecular flexibility index (Phi) is 3.71. The van der Waals surface area contributed by atoms with Crippen molar-refractivity contribution in [1.29, 1.82) is 0 Å². The molecule has 1 aromatic rings. The molecule has 1 unspecified atom stereocenters. The van der Waals surface area contributed by atoms with Gasteiger partial charge >= 0.3 is 5.97 Å². The lowest BCUT2D eigenvalue weighted by Crippen LogP contribution is -2.41. The van der Waals surface area contributed by atoms with Crippen LogP contribution in [0, 0.1) is 0 Å². The number of hydrogen-bond donors (Lipinski definition) is 0. The summed E-state index contributed by atoms with van der Waals surface area (Å²) < 4.78 is 8.72. The van der Waals surface area contributed by atoms with Gasteiger partial charge in [0, 0.05) is 24.1 Å². The molecule has 1 aliphatic heterocycles. The van der Waals surface area contributed by atoms with Crippen LogP contribution in [0.5, 0.6) is 0 Å². The highest BCUT2D eigenvalue weighted by molar-refractivity contribution is 7.09. The molecule has 0 N–H and O–H groups in total. The standard InChI is InChI=1S/C10H15N3O2S/c1-15-9(14)6-8-4-2-3-5-13(8)10-11-7-12-16-10/h7-8H,2-6H2,1H3. The fourth-order valence-electron chi connectivity index (χ4n) is 2.03. The molecule has 1 saturated heterocycles. The zero-order valence-electron chi connectivity index (χ0n) is 9.26. The average molecular weight is 241 g/mol. The number of anilines is 1. The van der Waals surface area contributed by atoms with Crippen molar-refractivity contribution in [2.45, 2.75) is 31.7 Å². The number of carbonyl (C=O) groups excluding carboxylic acids is 1. The predicted molar refractivity (Wildman–Crippen MR) is 61.5 cm³/mol. The molecule has 2 heterocycles. The fraction of sp³-hybridized carbons (Fsp3) is 0.700. The lowest BCUT2D eigenvalue weighted by Gasteiger charge is -2.34. The third-order valence-electron chi connectivity index (χ3n) is 2.85. The van der Waals surface area contributed by atoms with Gasteiger partial charge in [-0.15, -0.1) is 0 Å². The first-order valence-corrected chi connectivity index (χ1v) is 6.18. The molecular formula is C10H15N3O2S. The van der Waals surface area contributed by atoms with E-state index in [1.807, 2.05) is 0 Å². The number of nitrogens with zero attached hydrogens (tertiary/aromatic N) is 3. The Labute approximate surface area is 98.6 Å². The van der Waals surface area contributed by atoms with Crippen LogP contribution in [0.25, 0.3) is 0 Å². The van der Waals surface area contributed by atoms with Gasteiger partial charge < -0.3 is 9.64 Å². The summed E-state index contributed by atoms with van der Waals surface area (Å²) in [6, 6.07) is 0.217. The largest absolute Gasteiger partial charge is 0.469 e. The zero-order chi connectivity index (χ0) is 11.4. The van der Waals surface area contributed by atoms with Gasteiger partial charge in [0.1, 0.15) is 6.33 Å². The summed E-state index contributed by atoms with van der Waals surface area (Å²) in [5, 5.41) is 0.911. The lowest BCUT2D eigenvalue weighted by molar-refractivity contribution is -0.141. The number of esters is 1. The Bertz CT molecular complexity index is 342. The van der Waals surface area contributed by atoms with Gasteiger partial charge in [0.05, 0.1) is 13.5 Å². The third kappa shape index (κ3) is 2.49. The van der Waals surface area contributed by atoms with Gasteiger partial charge in [-0.1, -0.05) is 0 Å². The molecule has 0 amide bonds. The highest BCUT2D eigenvalue weighted by atomic mass is 32.1. The van der Waals surface area contributed by atoms with Crippen LogP contribution in [-0.2, 0) is 9.53 Å². The maximum absolute atomic E-state index is 11.3. The molecule has 88 valence electrons. The highest BCUT2D eigenvalue weighted by Gasteiger charge is 2.26. The second-order valence-corrected chi connectivity index (χ2v) is 4.61. The lowest BCUT2D eigenvalue weighted by atomic mass is 10.0. The smallest absolute Gasteiger partial charge is 0.307 e. The predicted octanol–water partition coefficient (Wildman–Crippen LogP) is 1.46. The van der Waals surface area contributed by atoms with E-state index in [0.29, 0.717) is 6.42 Å². The van der Waals surface area contributed by atoms with Crippen LogP contribution in [0.4, 0.5) is 5.13 Å².